The lowest BCUT2D eigenvalue weighted by Gasteiger charge is -2.24. The summed E-state index contributed by atoms with van der Waals surface area (Å²) in [7, 11) is 0. The van der Waals surface area contributed by atoms with E-state index in [1.54, 1.807) is 0 Å². The first kappa shape index (κ1) is 15.4. The maximum atomic E-state index is 2.38. The molecule has 0 spiro atoms. The van der Waals surface area contributed by atoms with Crippen LogP contribution in [-0.4, -0.2) is 5.48 Å². The predicted octanol–water partition coefficient (Wildman–Crippen LogP) is 3.81. The average molecular weight is 188 g/mol. The minimum atomic E-state index is 0. The molecule has 1 aliphatic carbocycles. The van der Waals surface area contributed by atoms with Gasteiger partial charge in [0, 0.05) is 0 Å². The van der Waals surface area contributed by atoms with Crippen LogP contribution in [0.1, 0.15) is 66.2 Å². The third-order valence-electron chi connectivity index (χ3n) is 2.71. The van der Waals surface area contributed by atoms with Crippen molar-refractivity contribution in [2.24, 2.45) is 11.8 Å². The molecule has 1 nitrogen and oxygen atoms in total. The monoisotopic (exact) mass is 188 g/mol. The van der Waals surface area contributed by atoms with Gasteiger partial charge in [-0.2, -0.15) is 0 Å². The molecule has 1 rings (SSSR count). The van der Waals surface area contributed by atoms with E-state index in [9.17, 15) is 0 Å². The largest absolute Gasteiger partial charge is 0.412 e. The van der Waals surface area contributed by atoms with Crippen LogP contribution in [0.2, 0.25) is 0 Å². The Hall–Kier alpha value is -0.0400. The summed E-state index contributed by atoms with van der Waals surface area (Å²) < 4.78 is 0. The van der Waals surface area contributed by atoms with Crippen LogP contribution in [0.25, 0.3) is 0 Å². The lowest BCUT2D eigenvalue weighted by molar-refractivity contribution is 0.284. The van der Waals surface area contributed by atoms with Crippen molar-refractivity contribution in [3.8, 4) is 0 Å². The topological polar surface area (TPSA) is 31.5 Å². The highest BCUT2D eigenvalue weighted by Crippen LogP contribution is 2.29. The van der Waals surface area contributed by atoms with Gasteiger partial charge in [-0.3, -0.25) is 0 Å². The molecule has 0 atom stereocenters. The van der Waals surface area contributed by atoms with Crippen LogP contribution < -0.4 is 0 Å². The van der Waals surface area contributed by atoms with Gasteiger partial charge in [0.1, 0.15) is 0 Å². The summed E-state index contributed by atoms with van der Waals surface area (Å²) in [4.78, 5) is 0. The summed E-state index contributed by atoms with van der Waals surface area (Å²) in [5, 5.41) is 0. The first-order valence-electron chi connectivity index (χ1n) is 5.74. The third kappa shape index (κ3) is 8.29. The van der Waals surface area contributed by atoms with Gasteiger partial charge in [-0.25, -0.2) is 0 Å². The minimum absolute atomic E-state index is 0. The Labute approximate surface area is 84.2 Å². The standard InChI is InChI=1S/C9H18.C3H8.H2O/c1-3-9-6-4-8(2)5-7-9;1-3-2;/h8-9H,3-7H2,1-2H3;3H2,1-2H3;1H2. The van der Waals surface area contributed by atoms with Crippen molar-refractivity contribution in [1.82, 2.24) is 0 Å². The lowest BCUT2D eigenvalue weighted by atomic mass is 9.82. The van der Waals surface area contributed by atoms with E-state index in [1.807, 2.05) is 0 Å². The fourth-order valence-corrected chi connectivity index (χ4v) is 1.74. The van der Waals surface area contributed by atoms with E-state index in [4.69, 9.17) is 0 Å². The highest BCUT2D eigenvalue weighted by Gasteiger charge is 2.15. The summed E-state index contributed by atoms with van der Waals surface area (Å²) in [5.41, 5.74) is 0. The average Bonchev–Trinajstić information content (AvgIpc) is 2.07. The van der Waals surface area contributed by atoms with Gasteiger partial charge >= 0.3 is 0 Å². The molecule has 0 aromatic rings. The number of hydrogen-bond acceptors (Lipinski definition) is 0. The smallest absolute Gasteiger partial charge is 0.0417 e. The molecule has 0 aliphatic heterocycles. The SMILES string of the molecule is CCC.CCC1CCC(C)CC1.O. The zero-order valence-electron chi connectivity index (χ0n) is 9.90. The molecule has 13 heavy (non-hydrogen) atoms. The van der Waals surface area contributed by atoms with Crippen LogP contribution in [0.3, 0.4) is 0 Å². The Balaban J connectivity index is 0. The van der Waals surface area contributed by atoms with Crippen molar-refractivity contribution in [2.45, 2.75) is 66.2 Å². The lowest BCUT2D eigenvalue weighted by Crippen LogP contribution is -2.10. The molecule has 82 valence electrons. The summed E-state index contributed by atoms with van der Waals surface area (Å²) >= 11 is 0. The Kier molecular flexibility index (Phi) is 11.9. The summed E-state index contributed by atoms with van der Waals surface area (Å²) in [6.07, 6.45) is 8.62. The fourth-order valence-electron chi connectivity index (χ4n) is 1.74. The maximum Gasteiger partial charge on any atom is -0.0417 e. The van der Waals surface area contributed by atoms with Crippen molar-refractivity contribution in [2.75, 3.05) is 0 Å². The molecule has 0 heterocycles. The van der Waals surface area contributed by atoms with Gasteiger partial charge in [-0.05, 0) is 11.8 Å². The normalized spacial score (nSPS) is 26.8. The van der Waals surface area contributed by atoms with Crippen LogP contribution in [0.15, 0.2) is 0 Å². The summed E-state index contributed by atoms with van der Waals surface area (Å²) in [5.74, 6) is 2.09. The zero-order valence-corrected chi connectivity index (χ0v) is 9.90. The highest BCUT2D eigenvalue weighted by molar-refractivity contribution is 4.68. The van der Waals surface area contributed by atoms with Gasteiger partial charge in [0.15, 0.2) is 0 Å². The van der Waals surface area contributed by atoms with Gasteiger partial charge in [-0.15, -0.1) is 0 Å². The molecule has 0 aromatic carbocycles. The molecular formula is C12H28O. The predicted molar refractivity (Wildman–Crippen MR) is 61.0 cm³/mol. The van der Waals surface area contributed by atoms with Crippen molar-refractivity contribution >= 4 is 0 Å². The zero-order chi connectivity index (χ0) is 9.40. The molecule has 0 aromatic heterocycles. The van der Waals surface area contributed by atoms with Crippen LogP contribution in [0.4, 0.5) is 0 Å². The second kappa shape index (κ2) is 10.0. The minimum Gasteiger partial charge on any atom is -0.412 e. The molecule has 0 unspecified atom stereocenters. The molecular weight excluding hydrogens is 160 g/mol. The Morgan fingerprint density at radius 3 is 1.62 bits per heavy atom. The van der Waals surface area contributed by atoms with E-state index in [0.29, 0.717) is 0 Å². The van der Waals surface area contributed by atoms with Crippen molar-refractivity contribution < 1.29 is 5.48 Å². The molecule has 1 saturated carbocycles. The molecule has 0 radical (unpaired) electrons. The first-order valence-corrected chi connectivity index (χ1v) is 5.74. The molecule has 1 heteroatoms. The van der Waals surface area contributed by atoms with Gasteiger partial charge in [0.25, 0.3) is 0 Å². The molecule has 1 fully saturated rings. The third-order valence-corrected chi connectivity index (χ3v) is 2.71. The Morgan fingerprint density at radius 2 is 1.31 bits per heavy atom. The van der Waals surface area contributed by atoms with E-state index in [1.165, 1.54) is 38.5 Å². The van der Waals surface area contributed by atoms with Gasteiger partial charge in [0.05, 0.1) is 0 Å². The van der Waals surface area contributed by atoms with Crippen molar-refractivity contribution in [3.05, 3.63) is 0 Å². The molecule has 1 aliphatic rings. The van der Waals surface area contributed by atoms with Gasteiger partial charge in [-0.1, -0.05) is 66.2 Å². The summed E-state index contributed by atoms with van der Waals surface area (Å²) in [6, 6.07) is 0. The highest BCUT2D eigenvalue weighted by atomic mass is 16.0. The van der Waals surface area contributed by atoms with Crippen LogP contribution in [-0.2, 0) is 0 Å². The Morgan fingerprint density at radius 1 is 0.923 bits per heavy atom. The van der Waals surface area contributed by atoms with E-state index >= 15 is 0 Å². The van der Waals surface area contributed by atoms with E-state index in [2.05, 4.69) is 27.7 Å². The maximum absolute atomic E-state index is 2.38. The van der Waals surface area contributed by atoms with E-state index in [0.717, 1.165) is 11.8 Å². The first-order chi connectivity index (χ1) is 5.74. The molecule has 0 saturated heterocycles. The van der Waals surface area contributed by atoms with Crippen LogP contribution in [0.5, 0.6) is 0 Å². The second-order valence-corrected chi connectivity index (χ2v) is 4.24. The number of hydrogen-bond donors (Lipinski definition) is 0. The second-order valence-electron chi connectivity index (χ2n) is 4.24. The van der Waals surface area contributed by atoms with Crippen molar-refractivity contribution in [1.29, 1.82) is 0 Å². The fraction of sp³-hybridized carbons (Fsp3) is 1.00. The van der Waals surface area contributed by atoms with Gasteiger partial charge < -0.3 is 5.48 Å². The van der Waals surface area contributed by atoms with E-state index in [-0.39, 0.29) is 5.48 Å². The molecule has 2 N–H and O–H groups in total. The summed E-state index contributed by atoms with van der Waals surface area (Å²) in [6.45, 7) is 8.95. The van der Waals surface area contributed by atoms with E-state index < -0.39 is 0 Å². The van der Waals surface area contributed by atoms with Crippen molar-refractivity contribution in [3.63, 3.8) is 0 Å². The number of rotatable bonds is 1. The van der Waals surface area contributed by atoms with Gasteiger partial charge in [0.2, 0.25) is 0 Å². The van der Waals surface area contributed by atoms with Crippen LogP contribution in [0, 0.1) is 11.8 Å². The molecule has 0 bridgehead atoms. The Bertz CT molecular complexity index is 83.1. The van der Waals surface area contributed by atoms with Crippen LogP contribution >= 0.6 is 0 Å². The molecule has 0 amide bonds. The quantitative estimate of drug-likeness (QED) is 0.599.